The molecule has 3 aromatic rings. The highest BCUT2D eigenvalue weighted by Crippen LogP contribution is 2.36. The Bertz CT molecular complexity index is 1040. The minimum absolute atomic E-state index is 0.0231. The van der Waals surface area contributed by atoms with Gasteiger partial charge in [-0.15, -0.1) is 0 Å². The maximum atomic E-state index is 13.0. The number of aryl methyl sites for hydroxylation is 1. The van der Waals surface area contributed by atoms with Crippen molar-refractivity contribution < 1.29 is 17.2 Å². The third kappa shape index (κ3) is 3.52. The standard InChI is InChI=1S/C18H19FN4O3S/c1-22-11-17(21-12-22)27(24,25)23-8-2-3-16(23)18-20-10-15(26-18)9-13-4-6-14(19)7-5-13/h4-7,10-12,16H,2-3,8-9H2,1H3/t16-/m0/s1. The molecule has 1 fully saturated rings. The molecule has 0 saturated carbocycles. The van der Waals surface area contributed by atoms with E-state index in [2.05, 4.69) is 9.97 Å². The Morgan fingerprint density at radius 2 is 2.04 bits per heavy atom. The summed E-state index contributed by atoms with van der Waals surface area (Å²) >= 11 is 0. The summed E-state index contributed by atoms with van der Waals surface area (Å²) in [6.07, 6.45) is 6.38. The Hall–Kier alpha value is -2.52. The zero-order valence-electron chi connectivity index (χ0n) is 14.7. The summed E-state index contributed by atoms with van der Waals surface area (Å²) in [4.78, 5) is 8.28. The predicted octanol–water partition coefficient (Wildman–Crippen LogP) is 2.66. The van der Waals surface area contributed by atoms with Gasteiger partial charge in [0.25, 0.3) is 10.0 Å². The average molecular weight is 390 g/mol. The fraction of sp³-hybridized carbons (Fsp3) is 0.333. The Morgan fingerprint density at radius 3 is 2.74 bits per heavy atom. The van der Waals surface area contributed by atoms with Gasteiger partial charge in [-0.2, -0.15) is 4.31 Å². The Balaban J connectivity index is 1.56. The van der Waals surface area contributed by atoms with E-state index in [1.165, 1.54) is 29.0 Å². The SMILES string of the molecule is Cn1cnc(S(=O)(=O)N2CCC[C@H]2c2ncc(Cc3ccc(F)cc3)o2)c1. The first kappa shape index (κ1) is 17.9. The molecule has 0 N–H and O–H groups in total. The van der Waals surface area contributed by atoms with Gasteiger partial charge in [-0.3, -0.25) is 0 Å². The van der Waals surface area contributed by atoms with Gasteiger partial charge in [0.2, 0.25) is 5.89 Å². The first-order valence-electron chi connectivity index (χ1n) is 8.62. The smallest absolute Gasteiger partial charge is 0.262 e. The molecular weight excluding hydrogens is 371 g/mol. The topological polar surface area (TPSA) is 81.2 Å². The van der Waals surface area contributed by atoms with E-state index >= 15 is 0 Å². The molecule has 1 atom stereocenters. The summed E-state index contributed by atoms with van der Waals surface area (Å²) in [6, 6.07) is 5.71. The number of benzene rings is 1. The molecule has 1 aliphatic rings. The van der Waals surface area contributed by atoms with E-state index in [1.807, 2.05) is 0 Å². The van der Waals surface area contributed by atoms with E-state index in [9.17, 15) is 12.8 Å². The van der Waals surface area contributed by atoms with E-state index in [4.69, 9.17) is 4.42 Å². The van der Waals surface area contributed by atoms with Crippen LogP contribution in [-0.4, -0.2) is 33.8 Å². The highest BCUT2D eigenvalue weighted by atomic mass is 32.2. The first-order valence-corrected chi connectivity index (χ1v) is 10.1. The summed E-state index contributed by atoms with van der Waals surface area (Å²) in [5.41, 5.74) is 0.892. The van der Waals surface area contributed by atoms with E-state index in [1.54, 1.807) is 29.9 Å². The van der Waals surface area contributed by atoms with Gasteiger partial charge in [0.05, 0.1) is 12.5 Å². The fourth-order valence-corrected chi connectivity index (χ4v) is 4.90. The quantitative estimate of drug-likeness (QED) is 0.669. The molecule has 0 spiro atoms. The number of sulfonamides is 1. The molecule has 9 heteroatoms. The molecule has 0 unspecified atom stereocenters. The zero-order valence-corrected chi connectivity index (χ0v) is 15.6. The number of imidazole rings is 1. The van der Waals surface area contributed by atoms with Gasteiger partial charge >= 0.3 is 0 Å². The van der Waals surface area contributed by atoms with Crippen molar-refractivity contribution in [1.82, 2.24) is 18.8 Å². The van der Waals surface area contributed by atoms with Crippen LogP contribution in [0.25, 0.3) is 0 Å². The Morgan fingerprint density at radius 1 is 1.26 bits per heavy atom. The van der Waals surface area contributed by atoms with Crippen molar-refractivity contribution in [1.29, 1.82) is 0 Å². The van der Waals surface area contributed by atoms with Crippen molar-refractivity contribution >= 4 is 10.0 Å². The van der Waals surface area contributed by atoms with Gasteiger partial charge in [0.15, 0.2) is 5.03 Å². The molecule has 2 aromatic heterocycles. The largest absolute Gasteiger partial charge is 0.444 e. The molecule has 7 nitrogen and oxygen atoms in total. The van der Waals surface area contributed by atoms with Crippen LogP contribution in [0, 0.1) is 5.82 Å². The molecule has 1 aromatic carbocycles. The van der Waals surface area contributed by atoms with Gasteiger partial charge in [-0.05, 0) is 30.5 Å². The molecular formula is C18H19FN4O3S. The van der Waals surface area contributed by atoms with Crippen LogP contribution in [0.4, 0.5) is 4.39 Å². The van der Waals surface area contributed by atoms with E-state index in [0.717, 1.165) is 12.0 Å². The molecule has 0 aliphatic carbocycles. The van der Waals surface area contributed by atoms with Gasteiger partial charge in [0.1, 0.15) is 17.6 Å². The normalized spacial score (nSPS) is 18.2. The molecule has 0 radical (unpaired) electrons. The second-order valence-electron chi connectivity index (χ2n) is 6.62. The van der Waals surface area contributed by atoms with Crippen LogP contribution in [0.3, 0.4) is 0 Å². The Labute approximate surface area is 156 Å². The number of rotatable bonds is 5. The number of hydrogen-bond donors (Lipinski definition) is 0. The van der Waals surface area contributed by atoms with Crippen LogP contribution >= 0.6 is 0 Å². The molecule has 4 rings (SSSR count). The Kier molecular flexibility index (Phi) is 4.56. The van der Waals surface area contributed by atoms with Crippen LogP contribution in [0.5, 0.6) is 0 Å². The van der Waals surface area contributed by atoms with Gasteiger partial charge in [-0.1, -0.05) is 12.1 Å². The molecule has 3 heterocycles. The van der Waals surface area contributed by atoms with E-state index < -0.39 is 16.1 Å². The highest BCUT2D eigenvalue weighted by Gasteiger charge is 2.39. The second kappa shape index (κ2) is 6.90. The van der Waals surface area contributed by atoms with Crippen LogP contribution in [0.1, 0.15) is 36.1 Å². The fourth-order valence-electron chi connectivity index (χ4n) is 3.28. The van der Waals surface area contributed by atoms with Crippen molar-refractivity contribution in [3.63, 3.8) is 0 Å². The molecule has 142 valence electrons. The number of oxazole rings is 1. The third-order valence-corrected chi connectivity index (χ3v) is 6.40. The average Bonchev–Trinajstić information content (AvgIpc) is 3.37. The van der Waals surface area contributed by atoms with Gasteiger partial charge < -0.3 is 8.98 Å². The lowest BCUT2D eigenvalue weighted by Crippen LogP contribution is -2.31. The monoisotopic (exact) mass is 390 g/mol. The number of hydrogen-bond acceptors (Lipinski definition) is 5. The van der Waals surface area contributed by atoms with Crippen LogP contribution in [0.2, 0.25) is 0 Å². The maximum Gasteiger partial charge on any atom is 0.262 e. The lowest BCUT2D eigenvalue weighted by atomic mass is 10.1. The minimum atomic E-state index is -3.71. The van der Waals surface area contributed by atoms with Crippen molar-refractivity contribution in [2.75, 3.05) is 6.54 Å². The maximum absolute atomic E-state index is 13.0. The number of halogens is 1. The molecule has 1 aliphatic heterocycles. The van der Waals surface area contributed by atoms with Crippen LogP contribution < -0.4 is 0 Å². The van der Waals surface area contributed by atoms with Crippen molar-refractivity contribution in [2.24, 2.45) is 7.05 Å². The molecule has 0 bridgehead atoms. The third-order valence-electron chi connectivity index (χ3n) is 4.61. The lowest BCUT2D eigenvalue weighted by molar-refractivity contribution is 0.321. The molecule has 0 amide bonds. The number of nitrogens with zero attached hydrogens (tertiary/aromatic N) is 4. The van der Waals surface area contributed by atoms with Gasteiger partial charge in [-0.25, -0.2) is 22.8 Å². The van der Waals surface area contributed by atoms with Crippen LogP contribution in [-0.2, 0) is 23.5 Å². The minimum Gasteiger partial charge on any atom is -0.444 e. The molecule has 27 heavy (non-hydrogen) atoms. The van der Waals surface area contributed by atoms with E-state index in [-0.39, 0.29) is 10.8 Å². The predicted molar refractivity (Wildman–Crippen MR) is 94.8 cm³/mol. The second-order valence-corrected chi connectivity index (χ2v) is 8.46. The summed E-state index contributed by atoms with van der Waals surface area (Å²) in [6.45, 7) is 0.402. The first-order chi connectivity index (χ1) is 12.9. The van der Waals surface area contributed by atoms with Crippen molar-refractivity contribution in [3.8, 4) is 0 Å². The van der Waals surface area contributed by atoms with Crippen molar-refractivity contribution in [3.05, 3.63) is 66.0 Å². The van der Waals surface area contributed by atoms with E-state index in [0.29, 0.717) is 31.0 Å². The van der Waals surface area contributed by atoms with Crippen LogP contribution in [0.15, 0.2) is 52.4 Å². The highest BCUT2D eigenvalue weighted by molar-refractivity contribution is 7.89. The molecule has 1 saturated heterocycles. The summed E-state index contributed by atoms with van der Waals surface area (Å²) in [5, 5.41) is 0.0231. The number of aromatic nitrogens is 3. The summed E-state index contributed by atoms with van der Waals surface area (Å²) < 4.78 is 47.7. The van der Waals surface area contributed by atoms with Crippen molar-refractivity contribution in [2.45, 2.75) is 30.3 Å². The zero-order chi connectivity index (χ0) is 19.0. The summed E-state index contributed by atoms with van der Waals surface area (Å²) in [5.74, 6) is 0.696. The van der Waals surface area contributed by atoms with Gasteiger partial charge in [0, 0.05) is 26.2 Å². The summed E-state index contributed by atoms with van der Waals surface area (Å²) in [7, 11) is -1.98. The lowest BCUT2D eigenvalue weighted by Gasteiger charge is -2.20.